The van der Waals surface area contributed by atoms with Gasteiger partial charge in [-0.05, 0) is 44.1 Å². The van der Waals surface area contributed by atoms with Gasteiger partial charge in [0.05, 0.1) is 0 Å². The molecule has 3 fully saturated rings. The molecule has 2 bridgehead atoms. The first-order valence-electron chi connectivity index (χ1n) is 8.89. The first kappa shape index (κ1) is 16.6. The Balaban J connectivity index is 1.77. The molecule has 6 heteroatoms. The minimum absolute atomic E-state index is 0.0472. The molecule has 7 atom stereocenters. The molecule has 0 radical (unpaired) electrons. The van der Waals surface area contributed by atoms with Crippen molar-refractivity contribution in [3.05, 3.63) is 0 Å². The van der Waals surface area contributed by atoms with E-state index in [0.29, 0.717) is 30.5 Å². The molecule has 3 aliphatic heterocycles. The molecular weight excluding hydrogens is 281 g/mol. The number of alkyl halides is 1. The van der Waals surface area contributed by atoms with Gasteiger partial charge in [-0.1, -0.05) is 6.92 Å². The van der Waals surface area contributed by atoms with Crippen LogP contribution in [-0.2, 0) is 0 Å². The molecule has 0 aromatic heterocycles. The van der Waals surface area contributed by atoms with Crippen LogP contribution in [0.1, 0.15) is 32.6 Å². The Morgan fingerprint density at radius 2 is 1.91 bits per heavy atom. The summed E-state index contributed by atoms with van der Waals surface area (Å²) in [4.78, 5) is 0. The van der Waals surface area contributed by atoms with Crippen molar-refractivity contribution in [1.29, 1.82) is 0 Å². The Kier molecular flexibility index (Phi) is 5.35. The average Bonchev–Trinajstić information content (AvgIpc) is 2.90. The maximum atomic E-state index is 14.3. The molecule has 3 rings (SSSR count). The fraction of sp³-hybridized carbons (Fsp3) is 1.00. The molecule has 0 saturated carbocycles. The van der Waals surface area contributed by atoms with Crippen LogP contribution in [0.3, 0.4) is 0 Å². The number of nitrogens with two attached hydrogens (primary N) is 1. The van der Waals surface area contributed by atoms with Crippen molar-refractivity contribution < 1.29 is 4.39 Å². The number of nitrogens with one attached hydrogen (secondary N) is 3. The van der Waals surface area contributed by atoms with Crippen LogP contribution in [0.4, 0.5) is 4.39 Å². The van der Waals surface area contributed by atoms with Gasteiger partial charge in [0.2, 0.25) is 0 Å². The summed E-state index contributed by atoms with van der Waals surface area (Å²) in [7, 11) is 2.14. The first-order chi connectivity index (χ1) is 10.6. The van der Waals surface area contributed by atoms with Crippen molar-refractivity contribution in [2.24, 2.45) is 17.6 Å². The van der Waals surface area contributed by atoms with E-state index < -0.39 is 6.17 Å². The lowest BCUT2D eigenvalue weighted by molar-refractivity contribution is 0.110. The van der Waals surface area contributed by atoms with E-state index in [1.54, 1.807) is 0 Å². The molecule has 0 amide bonds. The van der Waals surface area contributed by atoms with E-state index >= 15 is 0 Å². The smallest absolute Gasteiger partial charge is 0.104 e. The van der Waals surface area contributed by atoms with E-state index in [1.165, 1.54) is 6.42 Å². The lowest BCUT2D eigenvalue weighted by atomic mass is 9.80. The number of nitrogens with zero attached hydrogens (tertiary/aromatic N) is 1. The van der Waals surface area contributed by atoms with Crippen LogP contribution in [0.15, 0.2) is 0 Å². The lowest BCUT2D eigenvalue weighted by Gasteiger charge is -2.41. The van der Waals surface area contributed by atoms with E-state index in [4.69, 9.17) is 5.73 Å². The zero-order valence-electron chi connectivity index (χ0n) is 13.9. The fourth-order valence-electron chi connectivity index (χ4n) is 4.50. The highest BCUT2D eigenvalue weighted by Crippen LogP contribution is 2.29. The predicted molar refractivity (Wildman–Crippen MR) is 87.1 cm³/mol. The summed E-state index contributed by atoms with van der Waals surface area (Å²) < 4.78 is 14.3. The maximum Gasteiger partial charge on any atom is 0.104 e. The molecule has 5 unspecified atom stereocenters. The number of hydrazine groups is 1. The van der Waals surface area contributed by atoms with Crippen molar-refractivity contribution in [2.45, 2.75) is 62.9 Å². The van der Waals surface area contributed by atoms with Gasteiger partial charge >= 0.3 is 0 Å². The van der Waals surface area contributed by atoms with E-state index in [-0.39, 0.29) is 12.0 Å². The van der Waals surface area contributed by atoms with Crippen molar-refractivity contribution in [1.82, 2.24) is 21.1 Å². The van der Waals surface area contributed by atoms with Gasteiger partial charge in [0.15, 0.2) is 0 Å². The largest absolute Gasteiger partial charge is 0.326 e. The second-order valence-corrected chi connectivity index (χ2v) is 7.56. The molecule has 0 aromatic rings. The summed E-state index contributed by atoms with van der Waals surface area (Å²) in [6.45, 7) is 4.72. The number of halogens is 1. The number of hydrogen-bond donors (Lipinski definition) is 4. The second-order valence-electron chi connectivity index (χ2n) is 7.56. The Bertz CT molecular complexity index is 368. The minimum atomic E-state index is -0.761. The van der Waals surface area contributed by atoms with Crippen LogP contribution in [0.5, 0.6) is 0 Å². The van der Waals surface area contributed by atoms with Crippen LogP contribution >= 0.6 is 0 Å². The van der Waals surface area contributed by atoms with Crippen molar-refractivity contribution >= 4 is 0 Å². The molecule has 0 aliphatic carbocycles. The molecule has 3 heterocycles. The van der Waals surface area contributed by atoms with Crippen LogP contribution in [-0.4, -0.2) is 62.0 Å². The Hall–Kier alpha value is -0.270. The van der Waals surface area contributed by atoms with Gasteiger partial charge in [-0.3, -0.25) is 5.43 Å². The zero-order valence-corrected chi connectivity index (χ0v) is 13.9. The first-order valence-corrected chi connectivity index (χ1v) is 8.89. The maximum absolute atomic E-state index is 14.3. The van der Waals surface area contributed by atoms with Gasteiger partial charge in [0.25, 0.3) is 0 Å². The molecule has 3 saturated heterocycles. The number of fused-ring (bicyclic) bond motifs is 4. The van der Waals surface area contributed by atoms with Gasteiger partial charge in [0.1, 0.15) is 6.17 Å². The van der Waals surface area contributed by atoms with E-state index in [0.717, 1.165) is 32.5 Å². The standard InChI is InChI=1S/C16H32FN5/c1-10-8-20-15-9-21-22(2)16(15)11-5-6-19-14(7-11)13(18)4-3-12(10)17/h10-16,19-21H,3-9,18H2,1-2H3/t10-,11?,12?,13-,14?,15?,16?/m0/s1. The number of piperidine rings is 1. The van der Waals surface area contributed by atoms with Gasteiger partial charge < -0.3 is 16.4 Å². The van der Waals surface area contributed by atoms with Crippen molar-refractivity contribution in [3.8, 4) is 0 Å². The van der Waals surface area contributed by atoms with Crippen molar-refractivity contribution in [3.63, 3.8) is 0 Å². The Morgan fingerprint density at radius 3 is 2.73 bits per heavy atom. The summed E-state index contributed by atoms with van der Waals surface area (Å²) in [6, 6.07) is 1.27. The van der Waals surface area contributed by atoms with E-state index in [9.17, 15) is 4.39 Å². The summed E-state index contributed by atoms with van der Waals surface area (Å²) in [5, 5.41) is 9.46. The predicted octanol–water partition coefficient (Wildman–Crippen LogP) is 0.227. The van der Waals surface area contributed by atoms with Crippen LogP contribution in [0.2, 0.25) is 0 Å². The van der Waals surface area contributed by atoms with Gasteiger partial charge in [0, 0.05) is 44.3 Å². The fourth-order valence-corrected chi connectivity index (χ4v) is 4.50. The van der Waals surface area contributed by atoms with Crippen LogP contribution in [0.25, 0.3) is 0 Å². The third-order valence-corrected chi connectivity index (χ3v) is 5.99. The molecule has 5 nitrogen and oxygen atoms in total. The molecule has 3 aliphatic rings. The molecular formula is C16H32FN5. The van der Waals surface area contributed by atoms with Crippen LogP contribution < -0.4 is 21.8 Å². The molecule has 0 aromatic carbocycles. The monoisotopic (exact) mass is 313 g/mol. The molecule has 0 spiro atoms. The molecule has 5 N–H and O–H groups in total. The second kappa shape index (κ2) is 7.09. The van der Waals surface area contributed by atoms with Crippen molar-refractivity contribution in [2.75, 3.05) is 26.7 Å². The summed E-state index contributed by atoms with van der Waals surface area (Å²) >= 11 is 0. The minimum Gasteiger partial charge on any atom is -0.326 e. The SMILES string of the molecule is C[C@H]1CNC2CNN(C)C2C2CCNC(C2)[C@@H](N)CCC1F. The van der Waals surface area contributed by atoms with Gasteiger partial charge in [-0.25, -0.2) is 9.40 Å². The normalized spacial score (nSPS) is 48.3. The highest BCUT2D eigenvalue weighted by molar-refractivity contribution is 4.99. The quantitative estimate of drug-likeness (QED) is 0.515. The third kappa shape index (κ3) is 3.46. The Morgan fingerprint density at radius 1 is 1.09 bits per heavy atom. The third-order valence-electron chi connectivity index (χ3n) is 5.99. The summed E-state index contributed by atoms with van der Waals surface area (Å²) in [6.07, 6.45) is 2.89. The average molecular weight is 313 g/mol. The molecule has 22 heavy (non-hydrogen) atoms. The number of likely N-dealkylation sites (N-methyl/N-ethyl adjacent to an activating group) is 1. The van der Waals surface area contributed by atoms with Gasteiger partial charge in [-0.2, -0.15) is 0 Å². The van der Waals surface area contributed by atoms with E-state index in [2.05, 4.69) is 28.1 Å². The van der Waals surface area contributed by atoms with Gasteiger partial charge in [-0.15, -0.1) is 0 Å². The van der Waals surface area contributed by atoms with Crippen LogP contribution in [0, 0.1) is 11.8 Å². The Labute approximate surface area is 133 Å². The number of hydrogen-bond acceptors (Lipinski definition) is 5. The summed E-state index contributed by atoms with van der Waals surface area (Å²) in [5.74, 6) is 0.691. The highest BCUT2D eigenvalue weighted by atomic mass is 19.1. The highest BCUT2D eigenvalue weighted by Gasteiger charge is 2.41. The molecule has 128 valence electrons. The topological polar surface area (TPSA) is 65.3 Å². The van der Waals surface area contributed by atoms with E-state index in [1.807, 2.05) is 6.92 Å². The summed E-state index contributed by atoms with van der Waals surface area (Å²) in [5.41, 5.74) is 9.83. The lowest BCUT2D eigenvalue weighted by Crippen LogP contribution is -2.56. The number of rotatable bonds is 0. The zero-order chi connectivity index (χ0) is 15.7.